The lowest BCUT2D eigenvalue weighted by Gasteiger charge is -2.43. The lowest BCUT2D eigenvalue weighted by atomic mass is 10.0. The molecular weight excluding hydrogens is 348 g/mol. The number of fused-ring (bicyclic) bond motifs is 1. The number of rotatable bonds is 4. The van der Waals surface area contributed by atoms with Crippen molar-refractivity contribution in [1.29, 1.82) is 0 Å². The van der Waals surface area contributed by atoms with Gasteiger partial charge in [-0.1, -0.05) is 11.6 Å². The Kier molecular flexibility index (Phi) is 4.48. The fourth-order valence-electron chi connectivity index (χ4n) is 3.30. The number of thiophene rings is 1. The Bertz CT molecular complexity index is 675. The van der Waals surface area contributed by atoms with Crippen molar-refractivity contribution in [3.63, 3.8) is 0 Å². The first-order valence-electron chi connectivity index (χ1n) is 6.98. The summed E-state index contributed by atoms with van der Waals surface area (Å²) < 4.78 is 24.7. The van der Waals surface area contributed by atoms with E-state index in [1.54, 1.807) is 4.90 Å². The normalized spacial score (nSPS) is 28.6. The first-order valence-corrected chi connectivity index (χ1v) is 10.0. The molecule has 0 bridgehead atoms. The highest BCUT2D eigenvalue weighted by molar-refractivity contribution is 7.91. The largest absolute Gasteiger partial charge is 0.480 e. The number of sulfone groups is 1. The first-order chi connectivity index (χ1) is 10.3. The molecule has 0 unspecified atom stereocenters. The van der Waals surface area contributed by atoms with E-state index < -0.39 is 15.8 Å². The number of hydrogen-bond donors (Lipinski definition) is 1. The van der Waals surface area contributed by atoms with Crippen molar-refractivity contribution in [1.82, 2.24) is 9.80 Å². The maximum atomic E-state index is 12.0. The molecule has 2 aliphatic rings. The maximum Gasteiger partial charge on any atom is 0.317 e. The maximum absolute atomic E-state index is 12.0. The summed E-state index contributed by atoms with van der Waals surface area (Å²) in [5.41, 5.74) is 0. The van der Waals surface area contributed by atoms with Crippen molar-refractivity contribution in [2.75, 3.05) is 31.1 Å². The number of carboxylic acid groups (broad SMARTS) is 1. The average molecular weight is 365 g/mol. The monoisotopic (exact) mass is 364 g/mol. The SMILES string of the molecule is O=C(O)CN1CCN(Cc2ccc(Cl)s2)[C@@H]2CS(=O)(=O)C[C@@H]21. The molecule has 1 N–H and O–H groups in total. The van der Waals surface area contributed by atoms with Crippen LogP contribution in [-0.2, 0) is 21.2 Å². The van der Waals surface area contributed by atoms with Crippen molar-refractivity contribution in [3.05, 3.63) is 21.3 Å². The molecule has 0 saturated carbocycles. The molecule has 0 radical (unpaired) electrons. The molecule has 2 saturated heterocycles. The molecule has 2 fully saturated rings. The minimum atomic E-state index is -3.12. The van der Waals surface area contributed by atoms with Crippen molar-refractivity contribution < 1.29 is 18.3 Å². The second-order valence-electron chi connectivity index (χ2n) is 5.75. The summed E-state index contributed by atoms with van der Waals surface area (Å²) in [6, 6.07) is 3.42. The average Bonchev–Trinajstić information content (AvgIpc) is 2.95. The van der Waals surface area contributed by atoms with Gasteiger partial charge in [0.15, 0.2) is 9.84 Å². The summed E-state index contributed by atoms with van der Waals surface area (Å²) in [6.07, 6.45) is 0. The van der Waals surface area contributed by atoms with Crippen LogP contribution in [0.1, 0.15) is 4.88 Å². The topological polar surface area (TPSA) is 77.9 Å². The van der Waals surface area contributed by atoms with Crippen molar-refractivity contribution >= 4 is 38.7 Å². The van der Waals surface area contributed by atoms with Gasteiger partial charge in [0.2, 0.25) is 0 Å². The Hall–Kier alpha value is -0.670. The zero-order valence-corrected chi connectivity index (χ0v) is 14.2. The van der Waals surface area contributed by atoms with Crippen LogP contribution in [0.5, 0.6) is 0 Å². The summed E-state index contributed by atoms with van der Waals surface area (Å²) in [5, 5.41) is 9.00. The third kappa shape index (κ3) is 3.46. The Morgan fingerprint density at radius 1 is 1.27 bits per heavy atom. The minimum Gasteiger partial charge on any atom is -0.480 e. The number of nitrogens with zero attached hydrogens (tertiary/aromatic N) is 2. The summed E-state index contributed by atoms with van der Waals surface area (Å²) in [6.45, 7) is 1.80. The van der Waals surface area contributed by atoms with Crippen LogP contribution >= 0.6 is 22.9 Å². The fourth-order valence-corrected chi connectivity index (χ4v) is 6.46. The van der Waals surface area contributed by atoms with Crippen LogP contribution in [0.2, 0.25) is 4.34 Å². The molecule has 6 nitrogen and oxygen atoms in total. The Morgan fingerprint density at radius 2 is 1.91 bits per heavy atom. The van der Waals surface area contributed by atoms with Crippen molar-refractivity contribution in [3.8, 4) is 0 Å². The highest BCUT2D eigenvalue weighted by Gasteiger charge is 2.46. The number of piperazine rings is 1. The van der Waals surface area contributed by atoms with Crippen LogP contribution in [0, 0.1) is 0 Å². The quantitative estimate of drug-likeness (QED) is 0.850. The smallest absolute Gasteiger partial charge is 0.317 e. The van der Waals surface area contributed by atoms with E-state index in [-0.39, 0.29) is 30.1 Å². The van der Waals surface area contributed by atoms with Gasteiger partial charge in [-0.3, -0.25) is 14.6 Å². The van der Waals surface area contributed by atoms with Gasteiger partial charge in [-0.15, -0.1) is 11.3 Å². The van der Waals surface area contributed by atoms with Gasteiger partial charge >= 0.3 is 5.97 Å². The van der Waals surface area contributed by atoms with Gasteiger partial charge in [0, 0.05) is 36.6 Å². The number of halogens is 1. The second kappa shape index (κ2) is 6.09. The van der Waals surface area contributed by atoms with Gasteiger partial charge in [0.05, 0.1) is 22.4 Å². The molecule has 122 valence electrons. The summed E-state index contributed by atoms with van der Waals surface area (Å²) in [7, 11) is -3.12. The van der Waals surface area contributed by atoms with E-state index in [1.807, 2.05) is 12.1 Å². The predicted octanol–water partition coefficient (Wildman–Crippen LogP) is 0.769. The minimum absolute atomic E-state index is 0.0483. The molecule has 0 aromatic carbocycles. The zero-order valence-electron chi connectivity index (χ0n) is 11.8. The number of carbonyl (C=O) groups is 1. The Labute approximate surface area is 138 Å². The fraction of sp³-hybridized carbons (Fsp3) is 0.615. The molecule has 0 aliphatic carbocycles. The van der Waals surface area contributed by atoms with E-state index in [4.69, 9.17) is 16.7 Å². The molecule has 3 rings (SSSR count). The van der Waals surface area contributed by atoms with E-state index in [0.717, 1.165) is 9.21 Å². The predicted molar refractivity (Wildman–Crippen MR) is 85.2 cm³/mol. The van der Waals surface area contributed by atoms with E-state index in [0.29, 0.717) is 19.6 Å². The molecule has 9 heteroatoms. The summed E-state index contributed by atoms with van der Waals surface area (Å²) in [4.78, 5) is 16.0. The molecule has 0 spiro atoms. The lowest BCUT2D eigenvalue weighted by molar-refractivity contribution is -0.139. The van der Waals surface area contributed by atoms with Crippen LogP contribution in [0.3, 0.4) is 0 Å². The van der Waals surface area contributed by atoms with Crippen LogP contribution in [0.4, 0.5) is 0 Å². The van der Waals surface area contributed by atoms with E-state index in [9.17, 15) is 13.2 Å². The zero-order chi connectivity index (χ0) is 15.9. The standard InChI is InChI=1S/C13H17ClN2O4S2/c14-12-2-1-9(21-12)5-15-3-4-16(6-13(17)18)11-8-22(19,20)7-10(11)15/h1-2,10-11H,3-8H2,(H,17,18)/t10-,11+/m1/s1. The highest BCUT2D eigenvalue weighted by atomic mass is 35.5. The van der Waals surface area contributed by atoms with Gasteiger partial charge in [-0.05, 0) is 12.1 Å². The van der Waals surface area contributed by atoms with E-state index >= 15 is 0 Å². The number of aliphatic carboxylic acids is 1. The van der Waals surface area contributed by atoms with Crippen LogP contribution in [-0.4, -0.2) is 72.5 Å². The molecule has 2 aliphatic heterocycles. The first kappa shape index (κ1) is 16.2. The molecule has 22 heavy (non-hydrogen) atoms. The van der Waals surface area contributed by atoms with Crippen molar-refractivity contribution in [2.45, 2.75) is 18.6 Å². The molecular formula is C13H17ClN2O4S2. The van der Waals surface area contributed by atoms with Gasteiger partial charge in [0.1, 0.15) is 0 Å². The van der Waals surface area contributed by atoms with Gasteiger partial charge < -0.3 is 5.11 Å². The lowest BCUT2D eigenvalue weighted by Crippen LogP contribution is -2.59. The summed E-state index contributed by atoms with van der Waals surface area (Å²) >= 11 is 7.44. The van der Waals surface area contributed by atoms with Crippen LogP contribution in [0.25, 0.3) is 0 Å². The van der Waals surface area contributed by atoms with Gasteiger partial charge in [-0.25, -0.2) is 8.42 Å². The molecule has 0 amide bonds. The second-order valence-corrected chi connectivity index (χ2v) is 9.71. The van der Waals surface area contributed by atoms with Crippen LogP contribution < -0.4 is 0 Å². The molecule has 3 heterocycles. The Morgan fingerprint density at radius 3 is 2.50 bits per heavy atom. The van der Waals surface area contributed by atoms with E-state index in [2.05, 4.69) is 4.90 Å². The molecule has 1 aromatic heterocycles. The highest BCUT2D eigenvalue weighted by Crippen LogP contribution is 2.30. The molecule has 1 aromatic rings. The van der Waals surface area contributed by atoms with E-state index in [1.165, 1.54) is 11.3 Å². The molecule has 2 atom stereocenters. The third-order valence-corrected chi connectivity index (χ3v) is 7.15. The van der Waals surface area contributed by atoms with Crippen LogP contribution in [0.15, 0.2) is 12.1 Å². The number of hydrogen-bond acceptors (Lipinski definition) is 6. The van der Waals surface area contributed by atoms with Crippen molar-refractivity contribution in [2.24, 2.45) is 0 Å². The third-order valence-electron chi connectivity index (χ3n) is 4.23. The van der Waals surface area contributed by atoms with Gasteiger partial charge in [0.25, 0.3) is 0 Å². The number of carboxylic acids is 1. The Balaban J connectivity index is 1.78. The van der Waals surface area contributed by atoms with Gasteiger partial charge in [-0.2, -0.15) is 0 Å². The summed E-state index contributed by atoms with van der Waals surface area (Å²) in [5.74, 6) is -0.763.